The second-order valence-electron chi connectivity index (χ2n) is 4.48. The average Bonchev–Trinajstić information content (AvgIpc) is 2.31. The van der Waals surface area contributed by atoms with Crippen LogP contribution in [0.15, 0.2) is 6.20 Å². The van der Waals surface area contributed by atoms with Crippen molar-refractivity contribution in [2.24, 2.45) is 5.92 Å². The maximum absolute atomic E-state index is 12.6. The van der Waals surface area contributed by atoms with E-state index in [1.165, 1.54) is 0 Å². The van der Waals surface area contributed by atoms with Gasteiger partial charge >= 0.3 is 18.4 Å². The highest BCUT2D eigenvalue weighted by Gasteiger charge is 2.38. The van der Waals surface area contributed by atoms with E-state index in [0.717, 1.165) is 0 Å². The van der Waals surface area contributed by atoms with Crippen LogP contribution in [0.4, 0.5) is 26.3 Å². The molecular formula is C11H12F6N2O2. The van der Waals surface area contributed by atoms with Gasteiger partial charge in [-0.05, 0) is 5.92 Å². The fraction of sp³-hybridized carbons (Fsp3) is 0.636. The molecule has 0 N–H and O–H groups in total. The number of ether oxygens (including phenoxy) is 2. The van der Waals surface area contributed by atoms with Crippen LogP contribution in [0.5, 0.6) is 11.9 Å². The largest absolute Gasteiger partial charge is 0.467 e. The van der Waals surface area contributed by atoms with Gasteiger partial charge in [-0.25, -0.2) is 4.98 Å². The van der Waals surface area contributed by atoms with Crippen molar-refractivity contribution in [2.75, 3.05) is 13.2 Å². The molecule has 0 fully saturated rings. The minimum absolute atomic E-state index is 0.0374. The molecule has 0 unspecified atom stereocenters. The first kappa shape index (κ1) is 17.3. The van der Waals surface area contributed by atoms with Gasteiger partial charge in [-0.3, -0.25) is 0 Å². The number of hydrogen-bond donors (Lipinski definition) is 0. The highest BCUT2D eigenvalue weighted by atomic mass is 19.4. The second kappa shape index (κ2) is 6.35. The molecule has 0 radical (unpaired) electrons. The molecule has 0 aliphatic rings. The van der Waals surface area contributed by atoms with Gasteiger partial charge in [-0.15, -0.1) is 0 Å². The lowest BCUT2D eigenvalue weighted by atomic mass is 10.2. The molecule has 120 valence electrons. The van der Waals surface area contributed by atoms with Gasteiger partial charge in [-0.1, -0.05) is 13.8 Å². The quantitative estimate of drug-likeness (QED) is 0.780. The summed E-state index contributed by atoms with van der Waals surface area (Å²) in [6.45, 7) is 1.75. The third kappa shape index (κ3) is 6.05. The summed E-state index contributed by atoms with van der Waals surface area (Å²) in [4.78, 5) is 6.55. The molecule has 1 rings (SSSR count). The summed E-state index contributed by atoms with van der Waals surface area (Å²) in [5.41, 5.74) is -1.50. The molecule has 0 spiro atoms. The van der Waals surface area contributed by atoms with Crippen molar-refractivity contribution in [3.05, 3.63) is 11.8 Å². The molecule has 0 saturated heterocycles. The number of aromatic nitrogens is 2. The maximum Gasteiger partial charge on any atom is 0.423 e. The lowest BCUT2D eigenvalue weighted by molar-refractivity contribution is -0.159. The zero-order valence-electron chi connectivity index (χ0n) is 11.0. The summed E-state index contributed by atoms with van der Waals surface area (Å²) in [5.74, 6) is -1.18. The van der Waals surface area contributed by atoms with Crippen molar-refractivity contribution in [3.8, 4) is 11.9 Å². The van der Waals surface area contributed by atoms with Crippen LogP contribution in [-0.4, -0.2) is 29.4 Å². The Kier molecular flexibility index (Phi) is 5.24. The van der Waals surface area contributed by atoms with Crippen molar-refractivity contribution >= 4 is 0 Å². The van der Waals surface area contributed by atoms with E-state index in [9.17, 15) is 26.3 Å². The van der Waals surface area contributed by atoms with Gasteiger partial charge in [0, 0.05) is 0 Å². The van der Waals surface area contributed by atoms with E-state index in [1.807, 2.05) is 0 Å². The predicted molar refractivity (Wildman–Crippen MR) is 58.9 cm³/mol. The summed E-state index contributed by atoms with van der Waals surface area (Å²) in [7, 11) is 0. The zero-order valence-corrected chi connectivity index (χ0v) is 11.0. The van der Waals surface area contributed by atoms with Crippen molar-refractivity contribution in [1.82, 2.24) is 9.97 Å². The highest BCUT2D eigenvalue weighted by molar-refractivity contribution is 5.28. The zero-order chi connectivity index (χ0) is 16.3. The molecule has 0 aromatic carbocycles. The van der Waals surface area contributed by atoms with E-state index in [-0.39, 0.29) is 12.5 Å². The van der Waals surface area contributed by atoms with Crippen LogP contribution >= 0.6 is 0 Å². The first-order valence-electron chi connectivity index (χ1n) is 5.75. The van der Waals surface area contributed by atoms with Crippen molar-refractivity contribution in [3.63, 3.8) is 0 Å². The molecule has 1 aromatic rings. The Morgan fingerprint density at radius 1 is 1.10 bits per heavy atom. The standard InChI is InChI=1S/C11H12F6N2O2/c1-6(2)4-20-9-18-3-7(11(15,16)17)8(19-9)21-5-10(12,13)14/h3,6H,4-5H2,1-2H3. The number of alkyl halides is 6. The lowest BCUT2D eigenvalue weighted by Crippen LogP contribution is -2.22. The molecular weight excluding hydrogens is 306 g/mol. The van der Waals surface area contributed by atoms with E-state index in [2.05, 4.69) is 14.7 Å². The Labute approximate surface area is 116 Å². The fourth-order valence-corrected chi connectivity index (χ4v) is 1.12. The van der Waals surface area contributed by atoms with E-state index in [4.69, 9.17) is 4.74 Å². The first-order valence-corrected chi connectivity index (χ1v) is 5.75. The normalized spacial score (nSPS) is 12.6. The smallest absolute Gasteiger partial charge is 0.423 e. The molecule has 0 saturated carbocycles. The van der Waals surface area contributed by atoms with Gasteiger partial charge in [0.05, 0.1) is 12.8 Å². The van der Waals surface area contributed by atoms with Crippen LogP contribution in [0.25, 0.3) is 0 Å². The molecule has 4 nitrogen and oxygen atoms in total. The van der Waals surface area contributed by atoms with E-state index in [1.54, 1.807) is 13.8 Å². The van der Waals surface area contributed by atoms with Crippen molar-refractivity contribution in [1.29, 1.82) is 0 Å². The SMILES string of the molecule is CC(C)COc1ncc(C(F)(F)F)c(OCC(F)(F)F)n1. The third-order valence-corrected chi connectivity index (χ3v) is 1.96. The number of halogens is 6. The molecule has 1 aromatic heterocycles. The van der Waals surface area contributed by atoms with Crippen LogP contribution in [0.1, 0.15) is 19.4 Å². The number of hydrogen-bond acceptors (Lipinski definition) is 4. The first-order chi connectivity index (χ1) is 9.49. The van der Waals surface area contributed by atoms with E-state index < -0.39 is 36.4 Å². The Balaban J connectivity index is 2.99. The van der Waals surface area contributed by atoms with Crippen LogP contribution in [0, 0.1) is 5.92 Å². The topological polar surface area (TPSA) is 44.2 Å². The fourth-order valence-electron chi connectivity index (χ4n) is 1.12. The Morgan fingerprint density at radius 2 is 1.71 bits per heavy atom. The number of nitrogens with zero attached hydrogens (tertiary/aromatic N) is 2. The average molecular weight is 318 g/mol. The third-order valence-electron chi connectivity index (χ3n) is 1.96. The van der Waals surface area contributed by atoms with Crippen molar-refractivity contribution < 1.29 is 35.8 Å². The van der Waals surface area contributed by atoms with Gasteiger partial charge in [0.15, 0.2) is 6.61 Å². The van der Waals surface area contributed by atoms with Gasteiger partial charge < -0.3 is 9.47 Å². The summed E-state index contributed by atoms with van der Waals surface area (Å²) < 4.78 is 83.1. The predicted octanol–water partition coefficient (Wildman–Crippen LogP) is 3.47. The second-order valence-corrected chi connectivity index (χ2v) is 4.48. The Morgan fingerprint density at radius 3 is 2.19 bits per heavy atom. The summed E-state index contributed by atoms with van der Waals surface area (Å²) >= 11 is 0. The van der Waals surface area contributed by atoms with Gasteiger partial charge in [0.25, 0.3) is 0 Å². The molecule has 0 atom stereocenters. The van der Waals surface area contributed by atoms with E-state index >= 15 is 0 Å². The lowest BCUT2D eigenvalue weighted by Gasteiger charge is -2.15. The molecule has 21 heavy (non-hydrogen) atoms. The van der Waals surface area contributed by atoms with Crippen LogP contribution < -0.4 is 9.47 Å². The molecule has 0 aliphatic carbocycles. The van der Waals surface area contributed by atoms with Crippen molar-refractivity contribution in [2.45, 2.75) is 26.2 Å². The highest BCUT2D eigenvalue weighted by Crippen LogP contribution is 2.35. The molecule has 0 bridgehead atoms. The maximum atomic E-state index is 12.6. The molecule has 0 aliphatic heterocycles. The summed E-state index contributed by atoms with van der Waals surface area (Å²) in [5, 5.41) is 0. The molecule has 10 heteroatoms. The minimum atomic E-state index is -4.93. The molecule has 1 heterocycles. The Bertz CT molecular complexity index is 473. The van der Waals surface area contributed by atoms with Crippen LogP contribution in [-0.2, 0) is 6.18 Å². The molecule has 0 amide bonds. The van der Waals surface area contributed by atoms with Gasteiger partial charge in [0.2, 0.25) is 5.88 Å². The van der Waals surface area contributed by atoms with Crippen LogP contribution in [0.3, 0.4) is 0 Å². The summed E-state index contributed by atoms with van der Waals surface area (Å²) in [6, 6.07) is -0.478. The van der Waals surface area contributed by atoms with Crippen LogP contribution in [0.2, 0.25) is 0 Å². The Hall–Kier alpha value is -1.74. The number of rotatable bonds is 5. The van der Waals surface area contributed by atoms with E-state index in [0.29, 0.717) is 6.20 Å². The van der Waals surface area contributed by atoms with Gasteiger partial charge in [0.1, 0.15) is 5.56 Å². The minimum Gasteiger partial charge on any atom is -0.467 e. The summed E-state index contributed by atoms with van der Waals surface area (Å²) in [6.07, 6.45) is -9.39. The van der Waals surface area contributed by atoms with Gasteiger partial charge in [-0.2, -0.15) is 31.3 Å². The monoisotopic (exact) mass is 318 g/mol.